The van der Waals surface area contributed by atoms with E-state index < -0.39 is 5.97 Å². The molecule has 0 atom stereocenters. The van der Waals surface area contributed by atoms with Gasteiger partial charge in [0.15, 0.2) is 11.6 Å². The number of benzene rings is 1. The van der Waals surface area contributed by atoms with Gasteiger partial charge in [0, 0.05) is 11.8 Å². The molecule has 1 aromatic carbocycles. The van der Waals surface area contributed by atoms with Crippen molar-refractivity contribution in [3.8, 4) is 22.5 Å². The fraction of sp³-hybridized carbons (Fsp3) is 0. The lowest BCUT2D eigenvalue weighted by Crippen LogP contribution is -1.94. The molecule has 6 heteroatoms. The fourth-order valence-corrected chi connectivity index (χ4v) is 2.03. The van der Waals surface area contributed by atoms with Gasteiger partial charge in [0.2, 0.25) is 0 Å². The molecular formula is C14H11N3O3. The molecule has 0 radical (unpaired) electrons. The van der Waals surface area contributed by atoms with Crippen LogP contribution < -0.4 is 5.73 Å². The van der Waals surface area contributed by atoms with Gasteiger partial charge in [-0.2, -0.15) is 0 Å². The Morgan fingerprint density at radius 1 is 1.25 bits per heavy atom. The third-order valence-corrected chi connectivity index (χ3v) is 2.96. The second-order valence-electron chi connectivity index (χ2n) is 4.25. The summed E-state index contributed by atoms with van der Waals surface area (Å²) in [7, 11) is 0. The van der Waals surface area contributed by atoms with Crippen LogP contribution in [0.3, 0.4) is 0 Å². The highest BCUT2D eigenvalue weighted by molar-refractivity contribution is 5.91. The number of anilines is 1. The minimum Gasteiger partial charge on any atom is -0.477 e. The van der Waals surface area contributed by atoms with Gasteiger partial charge in [0.1, 0.15) is 5.69 Å². The summed E-state index contributed by atoms with van der Waals surface area (Å²) in [6, 6.07) is 10.9. The van der Waals surface area contributed by atoms with E-state index in [1.54, 1.807) is 6.20 Å². The van der Waals surface area contributed by atoms with E-state index in [0.717, 1.165) is 5.56 Å². The molecule has 0 unspecified atom stereocenters. The maximum Gasteiger partial charge on any atom is 0.352 e. The minimum atomic E-state index is -1.04. The molecule has 4 N–H and O–H groups in total. The predicted octanol–water partition coefficient (Wildman–Crippen LogP) is 2.62. The molecule has 0 aliphatic rings. The van der Waals surface area contributed by atoms with E-state index >= 15 is 0 Å². The van der Waals surface area contributed by atoms with Gasteiger partial charge in [-0.05, 0) is 11.6 Å². The Bertz CT molecular complexity index is 759. The highest BCUT2D eigenvalue weighted by Gasteiger charge is 2.19. The Labute approximate surface area is 113 Å². The Morgan fingerprint density at radius 2 is 2.00 bits per heavy atom. The van der Waals surface area contributed by atoms with E-state index in [4.69, 9.17) is 15.4 Å². The lowest BCUT2D eigenvalue weighted by atomic mass is 10.0. The number of rotatable bonds is 3. The molecule has 0 aliphatic carbocycles. The van der Waals surface area contributed by atoms with Gasteiger partial charge in [-0.1, -0.05) is 35.5 Å². The number of aromatic nitrogens is 2. The van der Waals surface area contributed by atoms with Gasteiger partial charge in [-0.25, -0.2) is 4.79 Å². The normalized spacial score (nSPS) is 10.6. The summed E-state index contributed by atoms with van der Waals surface area (Å²) in [5, 5.41) is 12.7. The Kier molecular flexibility index (Phi) is 2.76. The van der Waals surface area contributed by atoms with Crippen LogP contribution in [0, 0.1) is 0 Å². The van der Waals surface area contributed by atoms with Crippen LogP contribution in [-0.4, -0.2) is 21.2 Å². The fourth-order valence-electron chi connectivity index (χ4n) is 2.03. The molecule has 0 spiro atoms. The Balaban J connectivity index is 2.13. The molecule has 0 saturated carbocycles. The minimum absolute atomic E-state index is 0.0778. The number of carbonyl (C=O) groups is 1. The molecule has 0 bridgehead atoms. The number of carboxylic acids is 1. The highest BCUT2D eigenvalue weighted by Crippen LogP contribution is 2.36. The Morgan fingerprint density at radius 3 is 2.65 bits per heavy atom. The molecule has 0 fully saturated rings. The predicted molar refractivity (Wildman–Crippen MR) is 73.1 cm³/mol. The van der Waals surface area contributed by atoms with Gasteiger partial charge in [0.25, 0.3) is 0 Å². The molecule has 0 amide bonds. The molecular weight excluding hydrogens is 258 g/mol. The summed E-state index contributed by atoms with van der Waals surface area (Å²) in [6.45, 7) is 0. The summed E-state index contributed by atoms with van der Waals surface area (Å²) in [6.07, 6.45) is 1.55. The first kappa shape index (κ1) is 12.0. The average molecular weight is 269 g/mol. The van der Waals surface area contributed by atoms with Gasteiger partial charge in [0.05, 0.1) is 5.56 Å². The molecule has 100 valence electrons. The number of aromatic carboxylic acids is 1. The zero-order valence-electron chi connectivity index (χ0n) is 10.3. The number of hydrogen-bond acceptors (Lipinski definition) is 4. The number of nitrogens with two attached hydrogens (primary N) is 1. The van der Waals surface area contributed by atoms with Crippen molar-refractivity contribution in [3.05, 3.63) is 48.3 Å². The van der Waals surface area contributed by atoms with Crippen molar-refractivity contribution >= 4 is 11.8 Å². The standard InChI is InChI=1S/C14H11N3O3/c15-13-11(8-4-2-1-3-5-8)12(20-17-13)9-6-10(14(18)19)16-7-9/h1-7,16H,(H2,15,17)(H,18,19). The molecule has 2 heterocycles. The summed E-state index contributed by atoms with van der Waals surface area (Å²) in [4.78, 5) is 13.6. The number of H-pyrrole nitrogens is 1. The SMILES string of the molecule is Nc1noc(-c2c[nH]c(C(=O)O)c2)c1-c1ccccc1. The van der Waals surface area contributed by atoms with E-state index in [1.807, 2.05) is 30.3 Å². The zero-order valence-corrected chi connectivity index (χ0v) is 10.3. The number of carboxylic acid groups (broad SMARTS) is 1. The van der Waals surface area contributed by atoms with Crippen molar-refractivity contribution in [1.29, 1.82) is 0 Å². The molecule has 0 saturated heterocycles. The summed E-state index contributed by atoms with van der Waals surface area (Å²) in [5.74, 6) is -0.327. The molecule has 3 aromatic rings. The van der Waals surface area contributed by atoms with Crippen LogP contribution in [0.25, 0.3) is 22.5 Å². The van der Waals surface area contributed by atoms with E-state index in [9.17, 15) is 4.79 Å². The highest BCUT2D eigenvalue weighted by atomic mass is 16.5. The van der Waals surface area contributed by atoms with Gasteiger partial charge < -0.3 is 20.3 Å². The van der Waals surface area contributed by atoms with Crippen molar-refractivity contribution in [1.82, 2.24) is 10.1 Å². The first-order chi connectivity index (χ1) is 9.66. The lowest BCUT2D eigenvalue weighted by molar-refractivity contribution is 0.0691. The second-order valence-corrected chi connectivity index (χ2v) is 4.25. The van der Waals surface area contributed by atoms with Crippen LogP contribution >= 0.6 is 0 Å². The van der Waals surface area contributed by atoms with Gasteiger partial charge in [-0.15, -0.1) is 0 Å². The number of nitrogens with one attached hydrogen (secondary N) is 1. The number of nitrogens with zero attached hydrogens (tertiary/aromatic N) is 1. The topological polar surface area (TPSA) is 105 Å². The van der Waals surface area contributed by atoms with E-state index in [-0.39, 0.29) is 11.5 Å². The van der Waals surface area contributed by atoms with Gasteiger partial charge in [-0.3, -0.25) is 0 Å². The molecule has 3 rings (SSSR count). The van der Waals surface area contributed by atoms with E-state index in [1.165, 1.54) is 6.07 Å². The second kappa shape index (κ2) is 4.58. The maximum atomic E-state index is 10.9. The summed E-state index contributed by atoms with van der Waals surface area (Å²) in [5.41, 5.74) is 8.03. The van der Waals surface area contributed by atoms with E-state index in [0.29, 0.717) is 16.9 Å². The van der Waals surface area contributed by atoms with Crippen molar-refractivity contribution in [3.63, 3.8) is 0 Å². The molecule has 20 heavy (non-hydrogen) atoms. The van der Waals surface area contributed by atoms with Crippen molar-refractivity contribution < 1.29 is 14.4 Å². The van der Waals surface area contributed by atoms with Crippen molar-refractivity contribution in [2.45, 2.75) is 0 Å². The van der Waals surface area contributed by atoms with Crippen LogP contribution in [0.4, 0.5) is 5.82 Å². The summed E-state index contributed by atoms with van der Waals surface area (Å²) >= 11 is 0. The zero-order chi connectivity index (χ0) is 14.1. The lowest BCUT2D eigenvalue weighted by Gasteiger charge is -2.00. The molecule has 0 aliphatic heterocycles. The van der Waals surface area contributed by atoms with Crippen LogP contribution in [0.1, 0.15) is 10.5 Å². The monoisotopic (exact) mass is 269 g/mol. The number of nitrogen functional groups attached to an aromatic ring is 1. The van der Waals surface area contributed by atoms with Gasteiger partial charge >= 0.3 is 5.97 Å². The average Bonchev–Trinajstić information content (AvgIpc) is 3.06. The largest absolute Gasteiger partial charge is 0.477 e. The molecule has 2 aromatic heterocycles. The Hall–Kier alpha value is -3.02. The first-order valence-corrected chi connectivity index (χ1v) is 5.89. The summed E-state index contributed by atoms with van der Waals surface area (Å²) < 4.78 is 5.24. The van der Waals surface area contributed by atoms with Crippen LogP contribution in [-0.2, 0) is 0 Å². The number of hydrogen-bond donors (Lipinski definition) is 3. The smallest absolute Gasteiger partial charge is 0.352 e. The van der Waals surface area contributed by atoms with E-state index in [2.05, 4.69) is 10.1 Å². The number of aromatic amines is 1. The third kappa shape index (κ3) is 1.93. The maximum absolute atomic E-state index is 10.9. The van der Waals surface area contributed by atoms with Crippen LogP contribution in [0.5, 0.6) is 0 Å². The van der Waals surface area contributed by atoms with Crippen LogP contribution in [0.15, 0.2) is 47.1 Å². The first-order valence-electron chi connectivity index (χ1n) is 5.89. The van der Waals surface area contributed by atoms with Crippen molar-refractivity contribution in [2.75, 3.05) is 5.73 Å². The van der Waals surface area contributed by atoms with Crippen LogP contribution in [0.2, 0.25) is 0 Å². The van der Waals surface area contributed by atoms with Crippen molar-refractivity contribution in [2.24, 2.45) is 0 Å². The quantitative estimate of drug-likeness (QED) is 0.677. The molecule has 6 nitrogen and oxygen atoms in total. The third-order valence-electron chi connectivity index (χ3n) is 2.96.